The number of halogens is 1. The maximum Gasteiger partial charge on any atom is 0.135 e. The zero-order chi connectivity index (χ0) is 13.9. The van der Waals surface area contributed by atoms with Crippen molar-refractivity contribution >= 4 is 22.4 Å². The topological polar surface area (TPSA) is 33.0 Å². The summed E-state index contributed by atoms with van der Waals surface area (Å²) < 4.78 is 5.88. The fraction of sp³-hybridized carbons (Fsp3) is 0. The number of hydrogen-bond donors (Lipinski definition) is 0. The van der Waals surface area contributed by atoms with Gasteiger partial charge in [-0.25, -0.2) is 0 Å². The second kappa shape index (κ2) is 5.24. The molecule has 3 aromatic carbocycles. The van der Waals surface area contributed by atoms with Crippen molar-refractivity contribution in [3.05, 3.63) is 71.2 Å². The van der Waals surface area contributed by atoms with E-state index in [1.165, 1.54) is 0 Å². The van der Waals surface area contributed by atoms with E-state index in [4.69, 9.17) is 21.6 Å². The molecule has 0 aliphatic rings. The van der Waals surface area contributed by atoms with Gasteiger partial charge >= 0.3 is 0 Å². The molecule has 0 bridgehead atoms. The summed E-state index contributed by atoms with van der Waals surface area (Å²) in [6, 6.07) is 20.7. The van der Waals surface area contributed by atoms with E-state index in [9.17, 15) is 0 Å². The van der Waals surface area contributed by atoms with Crippen LogP contribution in [0.5, 0.6) is 11.5 Å². The van der Waals surface area contributed by atoms with Crippen LogP contribution in [-0.4, -0.2) is 0 Å². The number of nitrogens with zero attached hydrogens (tertiary/aromatic N) is 1. The van der Waals surface area contributed by atoms with Gasteiger partial charge in [-0.2, -0.15) is 5.26 Å². The monoisotopic (exact) mass is 279 g/mol. The van der Waals surface area contributed by atoms with E-state index >= 15 is 0 Å². The largest absolute Gasteiger partial charge is 0.457 e. The molecule has 3 heteroatoms. The Morgan fingerprint density at radius 3 is 2.45 bits per heavy atom. The Kier molecular flexibility index (Phi) is 3.28. The number of ether oxygens (including phenoxy) is 1. The van der Waals surface area contributed by atoms with Gasteiger partial charge in [-0.1, -0.05) is 41.9 Å². The zero-order valence-electron chi connectivity index (χ0n) is 10.5. The minimum Gasteiger partial charge on any atom is -0.457 e. The van der Waals surface area contributed by atoms with Gasteiger partial charge in [0.2, 0.25) is 0 Å². The first-order valence-corrected chi connectivity index (χ1v) is 6.51. The highest BCUT2D eigenvalue weighted by atomic mass is 35.5. The molecule has 0 heterocycles. The SMILES string of the molecule is N#Cc1ccc(Oc2cccc(Cl)c2)c2ccccc12. The lowest BCUT2D eigenvalue weighted by molar-refractivity contribution is 0.488. The van der Waals surface area contributed by atoms with Crippen LogP contribution in [0.3, 0.4) is 0 Å². The van der Waals surface area contributed by atoms with Crippen molar-refractivity contribution in [1.29, 1.82) is 5.26 Å². The molecule has 0 atom stereocenters. The molecule has 0 aliphatic heterocycles. The van der Waals surface area contributed by atoms with E-state index in [-0.39, 0.29) is 0 Å². The standard InChI is InChI=1S/C17H10ClNO/c18-13-4-3-5-14(10-13)20-17-9-8-12(11-19)15-6-1-2-7-16(15)17/h1-10H. The third-order valence-electron chi connectivity index (χ3n) is 3.03. The van der Waals surface area contributed by atoms with Crippen molar-refractivity contribution < 1.29 is 4.74 Å². The van der Waals surface area contributed by atoms with Crippen molar-refractivity contribution in [3.8, 4) is 17.6 Å². The van der Waals surface area contributed by atoms with E-state index < -0.39 is 0 Å². The molecule has 3 rings (SSSR count). The van der Waals surface area contributed by atoms with Crippen molar-refractivity contribution in [2.24, 2.45) is 0 Å². The molecule has 96 valence electrons. The summed E-state index contributed by atoms with van der Waals surface area (Å²) in [5.74, 6) is 1.38. The predicted octanol–water partition coefficient (Wildman–Crippen LogP) is 5.16. The maximum absolute atomic E-state index is 9.14. The third kappa shape index (κ3) is 2.32. The zero-order valence-corrected chi connectivity index (χ0v) is 11.3. The summed E-state index contributed by atoms with van der Waals surface area (Å²) in [6.07, 6.45) is 0. The molecule has 2 nitrogen and oxygen atoms in total. The second-order valence-electron chi connectivity index (χ2n) is 4.33. The van der Waals surface area contributed by atoms with Crippen LogP contribution >= 0.6 is 11.6 Å². The molecule has 0 aliphatic carbocycles. The molecule has 0 spiro atoms. The van der Waals surface area contributed by atoms with Crippen LogP contribution in [0, 0.1) is 11.3 Å². The highest BCUT2D eigenvalue weighted by molar-refractivity contribution is 6.30. The smallest absolute Gasteiger partial charge is 0.135 e. The molecular weight excluding hydrogens is 270 g/mol. The van der Waals surface area contributed by atoms with Crippen LogP contribution in [0.2, 0.25) is 5.02 Å². The van der Waals surface area contributed by atoms with E-state index in [1.807, 2.05) is 42.5 Å². The maximum atomic E-state index is 9.14. The van der Waals surface area contributed by atoms with Gasteiger partial charge in [0.1, 0.15) is 11.5 Å². The Labute approximate surface area is 121 Å². The first kappa shape index (κ1) is 12.5. The highest BCUT2D eigenvalue weighted by Gasteiger charge is 2.07. The fourth-order valence-corrected chi connectivity index (χ4v) is 2.30. The minimum atomic E-state index is 0.625. The highest BCUT2D eigenvalue weighted by Crippen LogP contribution is 2.32. The Balaban J connectivity index is 2.11. The van der Waals surface area contributed by atoms with E-state index in [1.54, 1.807) is 18.2 Å². The average Bonchev–Trinajstić information content (AvgIpc) is 2.48. The van der Waals surface area contributed by atoms with Gasteiger partial charge in [0, 0.05) is 15.8 Å². The van der Waals surface area contributed by atoms with E-state index in [0.29, 0.717) is 22.1 Å². The summed E-state index contributed by atoms with van der Waals surface area (Å²) in [5.41, 5.74) is 0.638. The summed E-state index contributed by atoms with van der Waals surface area (Å²) in [6.45, 7) is 0. The number of fused-ring (bicyclic) bond motifs is 1. The molecule has 0 unspecified atom stereocenters. The second-order valence-corrected chi connectivity index (χ2v) is 4.76. The van der Waals surface area contributed by atoms with Crippen molar-refractivity contribution in [2.45, 2.75) is 0 Å². The summed E-state index contributed by atoms with van der Waals surface area (Å²) in [4.78, 5) is 0. The van der Waals surface area contributed by atoms with Crippen LogP contribution in [0.1, 0.15) is 5.56 Å². The summed E-state index contributed by atoms with van der Waals surface area (Å²) in [7, 11) is 0. The third-order valence-corrected chi connectivity index (χ3v) is 3.26. The molecular formula is C17H10ClNO. The molecule has 0 N–H and O–H groups in total. The van der Waals surface area contributed by atoms with Gasteiger partial charge in [-0.05, 0) is 30.3 Å². The van der Waals surface area contributed by atoms with Crippen molar-refractivity contribution in [3.63, 3.8) is 0 Å². The average molecular weight is 280 g/mol. The number of benzene rings is 3. The lowest BCUT2D eigenvalue weighted by Gasteiger charge is -2.10. The van der Waals surface area contributed by atoms with Crippen molar-refractivity contribution in [2.75, 3.05) is 0 Å². The molecule has 0 radical (unpaired) electrons. The normalized spacial score (nSPS) is 10.2. The lowest BCUT2D eigenvalue weighted by Crippen LogP contribution is -1.88. The molecule has 20 heavy (non-hydrogen) atoms. The Morgan fingerprint density at radius 2 is 1.70 bits per heavy atom. The van der Waals surface area contributed by atoms with Gasteiger partial charge < -0.3 is 4.74 Å². The Morgan fingerprint density at radius 1 is 0.900 bits per heavy atom. The molecule has 0 aromatic heterocycles. The Bertz CT molecular complexity index is 821. The first-order valence-electron chi connectivity index (χ1n) is 6.13. The van der Waals surface area contributed by atoms with Gasteiger partial charge in [0.05, 0.1) is 11.6 Å². The van der Waals surface area contributed by atoms with Crippen LogP contribution in [0.15, 0.2) is 60.7 Å². The van der Waals surface area contributed by atoms with Crippen LogP contribution in [0.4, 0.5) is 0 Å². The van der Waals surface area contributed by atoms with E-state index in [0.717, 1.165) is 10.8 Å². The Hall–Kier alpha value is -2.50. The van der Waals surface area contributed by atoms with Crippen LogP contribution < -0.4 is 4.74 Å². The fourth-order valence-electron chi connectivity index (χ4n) is 2.12. The molecule has 0 saturated carbocycles. The molecule has 3 aromatic rings. The first-order chi connectivity index (χ1) is 9.78. The van der Waals surface area contributed by atoms with E-state index in [2.05, 4.69) is 6.07 Å². The summed E-state index contributed by atoms with van der Waals surface area (Å²) in [5, 5.41) is 11.6. The number of nitriles is 1. The van der Waals surface area contributed by atoms with Crippen molar-refractivity contribution in [1.82, 2.24) is 0 Å². The van der Waals surface area contributed by atoms with Gasteiger partial charge in [0.25, 0.3) is 0 Å². The van der Waals surface area contributed by atoms with Gasteiger partial charge in [-0.15, -0.1) is 0 Å². The minimum absolute atomic E-state index is 0.625. The molecule has 0 amide bonds. The quantitative estimate of drug-likeness (QED) is 0.649. The number of rotatable bonds is 2. The predicted molar refractivity (Wildman–Crippen MR) is 80.2 cm³/mol. The summed E-state index contributed by atoms with van der Waals surface area (Å²) >= 11 is 5.95. The van der Waals surface area contributed by atoms with Crippen LogP contribution in [-0.2, 0) is 0 Å². The molecule has 0 fully saturated rings. The molecule has 0 saturated heterocycles. The van der Waals surface area contributed by atoms with Gasteiger partial charge in [0.15, 0.2) is 0 Å². The van der Waals surface area contributed by atoms with Crippen LogP contribution in [0.25, 0.3) is 10.8 Å². The number of hydrogen-bond acceptors (Lipinski definition) is 2. The lowest BCUT2D eigenvalue weighted by atomic mass is 10.0. The van der Waals surface area contributed by atoms with Gasteiger partial charge in [-0.3, -0.25) is 0 Å².